The van der Waals surface area contributed by atoms with Gasteiger partial charge in [-0.05, 0) is 57.4 Å². The lowest BCUT2D eigenvalue weighted by molar-refractivity contribution is 0.0224. The molecular formula is C18H22N2O2. The molecule has 0 unspecified atom stereocenters. The first kappa shape index (κ1) is 14.8. The van der Waals surface area contributed by atoms with Crippen LogP contribution in [0, 0.1) is 0 Å². The molecule has 1 aliphatic rings. The van der Waals surface area contributed by atoms with E-state index in [1.807, 2.05) is 37.8 Å². The predicted octanol–water partition coefficient (Wildman–Crippen LogP) is 4.31. The largest absolute Gasteiger partial charge is 0.444 e. The molecule has 1 aromatic heterocycles. The Morgan fingerprint density at radius 3 is 2.91 bits per heavy atom. The van der Waals surface area contributed by atoms with Crippen molar-refractivity contribution in [3.63, 3.8) is 0 Å². The Bertz CT molecular complexity index is 691. The summed E-state index contributed by atoms with van der Waals surface area (Å²) in [4.78, 5) is 18.6. The van der Waals surface area contributed by atoms with Gasteiger partial charge in [0.2, 0.25) is 0 Å². The maximum Gasteiger partial charge on any atom is 0.410 e. The highest BCUT2D eigenvalue weighted by atomic mass is 16.6. The topological polar surface area (TPSA) is 42.4 Å². The van der Waals surface area contributed by atoms with Gasteiger partial charge < -0.3 is 9.64 Å². The standard InChI is InChI=1S/C18H22N2O2/c1-18(2,3)22-17(21)20-11-5-7-16(20)14-8-9-15-13(12-14)6-4-10-19-15/h4,6,8-10,12,16H,5,7,11H2,1-3H3/t16-/m1/s1. The van der Waals surface area contributed by atoms with Crippen molar-refractivity contribution < 1.29 is 9.53 Å². The highest BCUT2D eigenvalue weighted by Gasteiger charge is 2.33. The molecular weight excluding hydrogens is 276 g/mol. The molecule has 2 aromatic rings. The van der Waals surface area contributed by atoms with E-state index >= 15 is 0 Å². The zero-order valence-electron chi connectivity index (χ0n) is 13.4. The van der Waals surface area contributed by atoms with Crippen molar-refractivity contribution in [2.75, 3.05) is 6.54 Å². The van der Waals surface area contributed by atoms with Crippen LogP contribution in [0.3, 0.4) is 0 Å². The van der Waals surface area contributed by atoms with Crippen LogP contribution in [0.25, 0.3) is 10.9 Å². The zero-order chi connectivity index (χ0) is 15.7. The molecule has 116 valence electrons. The van der Waals surface area contributed by atoms with E-state index in [0.717, 1.165) is 35.9 Å². The third-order valence-electron chi connectivity index (χ3n) is 3.89. The van der Waals surface area contributed by atoms with Crippen molar-refractivity contribution in [3.8, 4) is 0 Å². The number of hydrogen-bond acceptors (Lipinski definition) is 3. The van der Waals surface area contributed by atoms with Crippen molar-refractivity contribution in [1.82, 2.24) is 9.88 Å². The van der Waals surface area contributed by atoms with Gasteiger partial charge in [-0.1, -0.05) is 12.1 Å². The second-order valence-electron chi connectivity index (χ2n) is 6.79. The first-order valence-electron chi connectivity index (χ1n) is 7.78. The van der Waals surface area contributed by atoms with E-state index in [1.165, 1.54) is 0 Å². The second-order valence-corrected chi connectivity index (χ2v) is 6.79. The molecule has 1 atom stereocenters. The van der Waals surface area contributed by atoms with Crippen LogP contribution in [0.4, 0.5) is 4.79 Å². The van der Waals surface area contributed by atoms with E-state index in [1.54, 1.807) is 6.20 Å². The van der Waals surface area contributed by atoms with E-state index in [0.29, 0.717) is 0 Å². The number of carbonyl (C=O) groups excluding carboxylic acids is 1. The van der Waals surface area contributed by atoms with Crippen molar-refractivity contribution in [3.05, 3.63) is 42.1 Å². The SMILES string of the molecule is CC(C)(C)OC(=O)N1CCC[C@@H]1c1ccc2ncccc2c1. The van der Waals surface area contributed by atoms with Crippen LogP contribution >= 0.6 is 0 Å². The Morgan fingerprint density at radius 1 is 1.32 bits per heavy atom. The fourth-order valence-corrected chi connectivity index (χ4v) is 2.95. The van der Waals surface area contributed by atoms with Gasteiger partial charge >= 0.3 is 6.09 Å². The van der Waals surface area contributed by atoms with Crippen molar-refractivity contribution in [1.29, 1.82) is 0 Å². The average molecular weight is 298 g/mol. The maximum atomic E-state index is 12.4. The third kappa shape index (κ3) is 3.06. The van der Waals surface area contributed by atoms with E-state index < -0.39 is 5.60 Å². The minimum atomic E-state index is -0.461. The summed E-state index contributed by atoms with van der Waals surface area (Å²) in [6, 6.07) is 10.3. The predicted molar refractivity (Wildman–Crippen MR) is 86.7 cm³/mol. The number of pyridine rings is 1. The molecule has 1 aliphatic heterocycles. The molecule has 0 spiro atoms. The first-order valence-corrected chi connectivity index (χ1v) is 7.78. The lowest BCUT2D eigenvalue weighted by atomic mass is 10.0. The van der Waals surface area contributed by atoms with Crippen LogP contribution in [0.2, 0.25) is 0 Å². The molecule has 22 heavy (non-hydrogen) atoms. The van der Waals surface area contributed by atoms with Gasteiger partial charge in [0, 0.05) is 18.1 Å². The molecule has 0 aliphatic carbocycles. The van der Waals surface area contributed by atoms with Crippen molar-refractivity contribution >= 4 is 17.0 Å². The number of amides is 1. The van der Waals surface area contributed by atoms with Crippen LogP contribution in [0.5, 0.6) is 0 Å². The number of aromatic nitrogens is 1. The van der Waals surface area contributed by atoms with Crippen LogP contribution in [-0.4, -0.2) is 28.1 Å². The van der Waals surface area contributed by atoms with Gasteiger partial charge in [-0.3, -0.25) is 4.98 Å². The molecule has 1 aromatic carbocycles. The maximum absolute atomic E-state index is 12.4. The summed E-state index contributed by atoms with van der Waals surface area (Å²) in [6.07, 6.45) is 3.56. The highest BCUT2D eigenvalue weighted by Crippen LogP contribution is 2.34. The molecule has 0 bridgehead atoms. The van der Waals surface area contributed by atoms with Crippen LogP contribution in [0.15, 0.2) is 36.5 Å². The average Bonchev–Trinajstić information content (AvgIpc) is 2.94. The number of benzene rings is 1. The molecule has 1 saturated heterocycles. The number of hydrogen-bond donors (Lipinski definition) is 0. The van der Waals surface area contributed by atoms with Gasteiger partial charge in [0.05, 0.1) is 11.6 Å². The fraction of sp³-hybridized carbons (Fsp3) is 0.444. The van der Waals surface area contributed by atoms with Crippen LogP contribution in [-0.2, 0) is 4.74 Å². The van der Waals surface area contributed by atoms with Gasteiger partial charge in [0.25, 0.3) is 0 Å². The Hall–Kier alpha value is -2.10. The second kappa shape index (κ2) is 5.59. The van der Waals surface area contributed by atoms with Gasteiger partial charge in [-0.2, -0.15) is 0 Å². The summed E-state index contributed by atoms with van der Waals surface area (Å²) in [7, 11) is 0. The minimum Gasteiger partial charge on any atom is -0.444 e. The summed E-state index contributed by atoms with van der Waals surface area (Å²) >= 11 is 0. The van der Waals surface area contributed by atoms with Crippen molar-refractivity contribution in [2.24, 2.45) is 0 Å². The number of likely N-dealkylation sites (tertiary alicyclic amines) is 1. The highest BCUT2D eigenvalue weighted by molar-refractivity contribution is 5.79. The van der Waals surface area contributed by atoms with Gasteiger partial charge in [-0.25, -0.2) is 4.79 Å². The summed E-state index contributed by atoms with van der Waals surface area (Å²) in [5, 5.41) is 1.11. The lowest BCUT2D eigenvalue weighted by Crippen LogP contribution is -2.36. The van der Waals surface area contributed by atoms with E-state index in [-0.39, 0.29) is 12.1 Å². The molecule has 2 heterocycles. The number of nitrogens with zero attached hydrogens (tertiary/aromatic N) is 2. The fourth-order valence-electron chi connectivity index (χ4n) is 2.95. The monoisotopic (exact) mass is 298 g/mol. The summed E-state index contributed by atoms with van der Waals surface area (Å²) in [6.45, 7) is 6.46. The molecule has 4 heteroatoms. The number of ether oxygens (including phenoxy) is 1. The van der Waals surface area contributed by atoms with E-state index in [9.17, 15) is 4.79 Å². The molecule has 0 saturated carbocycles. The van der Waals surface area contributed by atoms with E-state index in [2.05, 4.69) is 23.2 Å². The molecule has 0 radical (unpaired) electrons. The van der Waals surface area contributed by atoms with Crippen LogP contribution in [0.1, 0.15) is 45.2 Å². The van der Waals surface area contributed by atoms with Gasteiger partial charge in [-0.15, -0.1) is 0 Å². The molecule has 1 amide bonds. The zero-order valence-corrected chi connectivity index (χ0v) is 13.4. The minimum absolute atomic E-state index is 0.0967. The number of carbonyl (C=O) groups is 1. The van der Waals surface area contributed by atoms with Crippen LogP contribution < -0.4 is 0 Å². The summed E-state index contributed by atoms with van der Waals surface area (Å²) in [5.41, 5.74) is 1.68. The molecule has 0 N–H and O–H groups in total. The Kier molecular flexibility index (Phi) is 3.77. The van der Waals surface area contributed by atoms with Crippen molar-refractivity contribution in [2.45, 2.75) is 45.3 Å². The lowest BCUT2D eigenvalue weighted by Gasteiger charge is -2.29. The third-order valence-corrected chi connectivity index (χ3v) is 3.89. The first-order chi connectivity index (χ1) is 10.4. The number of rotatable bonds is 1. The Balaban J connectivity index is 1.86. The number of fused-ring (bicyclic) bond motifs is 1. The molecule has 3 rings (SSSR count). The molecule has 1 fully saturated rings. The smallest absolute Gasteiger partial charge is 0.410 e. The van der Waals surface area contributed by atoms with Gasteiger partial charge in [0.15, 0.2) is 0 Å². The normalized spacial score (nSPS) is 18.7. The molecule has 4 nitrogen and oxygen atoms in total. The summed E-state index contributed by atoms with van der Waals surface area (Å²) in [5.74, 6) is 0. The van der Waals surface area contributed by atoms with Gasteiger partial charge in [0.1, 0.15) is 5.60 Å². The Morgan fingerprint density at radius 2 is 2.14 bits per heavy atom. The quantitative estimate of drug-likeness (QED) is 0.788. The van der Waals surface area contributed by atoms with E-state index in [4.69, 9.17) is 4.74 Å². The summed E-state index contributed by atoms with van der Waals surface area (Å²) < 4.78 is 5.54. The Labute approximate surface area is 131 Å².